The molecule has 1 aromatic carbocycles. The summed E-state index contributed by atoms with van der Waals surface area (Å²) < 4.78 is 0. The van der Waals surface area contributed by atoms with Crippen molar-refractivity contribution in [1.29, 1.82) is 0 Å². The molecule has 0 heterocycles. The van der Waals surface area contributed by atoms with Crippen LogP contribution in [0.2, 0.25) is 0 Å². The Balaban J connectivity index is 2.34. The Morgan fingerprint density at radius 2 is 1.76 bits per heavy atom. The van der Waals surface area contributed by atoms with E-state index in [-0.39, 0.29) is 0 Å². The molecule has 0 fully saturated rings. The summed E-state index contributed by atoms with van der Waals surface area (Å²) in [5.41, 5.74) is 4.20. The van der Waals surface area contributed by atoms with Crippen molar-refractivity contribution in [2.24, 2.45) is 0 Å². The average Bonchev–Trinajstić information content (AvgIpc) is 2.35. The number of aryl methyl sites for hydroxylation is 1. The highest BCUT2D eigenvalue weighted by atomic mass is 14.1. The van der Waals surface area contributed by atoms with Crippen molar-refractivity contribution in [3.05, 3.63) is 41.5 Å². The van der Waals surface area contributed by atoms with Crippen molar-refractivity contribution in [3.63, 3.8) is 0 Å². The summed E-state index contributed by atoms with van der Waals surface area (Å²) >= 11 is 0. The van der Waals surface area contributed by atoms with Gasteiger partial charge in [0.05, 0.1) is 0 Å². The Morgan fingerprint density at radius 1 is 1.06 bits per heavy atom. The molecule has 0 saturated heterocycles. The SMILES string of the molecule is C=Cc1cccc(CCCCCCCC)c1C. The minimum absolute atomic E-state index is 1.22. The van der Waals surface area contributed by atoms with E-state index >= 15 is 0 Å². The van der Waals surface area contributed by atoms with Crippen LogP contribution >= 0.6 is 0 Å². The van der Waals surface area contributed by atoms with Crippen molar-refractivity contribution in [2.75, 3.05) is 0 Å². The van der Waals surface area contributed by atoms with Crippen LogP contribution in [0.3, 0.4) is 0 Å². The highest BCUT2D eigenvalue weighted by Gasteiger charge is 2.01. The number of hydrogen-bond acceptors (Lipinski definition) is 0. The monoisotopic (exact) mass is 230 g/mol. The predicted octanol–water partition coefficient (Wildman–Crippen LogP) is 5.54. The first-order chi connectivity index (χ1) is 8.29. The lowest BCUT2D eigenvalue weighted by Gasteiger charge is -2.08. The molecular formula is C17H26. The molecule has 0 nitrogen and oxygen atoms in total. The summed E-state index contributed by atoms with van der Waals surface area (Å²) in [6.07, 6.45) is 11.4. The largest absolute Gasteiger partial charge is 0.0985 e. The maximum Gasteiger partial charge on any atom is -0.0230 e. The standard InChI is InChI=1S/C17H26/c1-4-6-7-8-9-10-12-17-14-11-13-16(5-2)15(17)3/h5,11,13-14H,2,4,6-10,12H2,1,3H3. The van der Waals surface area contributed by atoms with Gasteiger partial charge in [-0.25, -0.2) is 0 Å². The highest BCUT2D eigenvalue weighted by molar-refractivity contribution is 5.53. The third-order valence-corrected chi connectivity index (χ3v) is 3.51. The molecule has 0 bridgehead atoms. The molecule has 0 aliphatic carbocycles. The summed E-state index contributed by atoms with van der Waals surface area (Å²) in [4.78, 5) is 0. The van der Waals surface area contributed by atoms with E-state index in [1.807, 2.05) is 6.08 Å². The van der Waals surface area contributed by atoms with Gasteiger partial charge in [0, 0.05) is 0 Å². The van der Waals surface area contributed by atoms with Gasteiger partial charge in [-0.3, -0.25) is 0 Å². The second kappa shape index (κ2) is 8.11. The van der Waals surface area contributed by atoms with Crippen LogP contribution in [-0.2, 0) is 6.42 Å². The zero-order chi connectivity index (χ0) is 12.5. The molecule has 0 aromatic heterocycles. The van der Waals surface area contributed by atoms with Crippen LogP contribution in [0.4, 0.5) is 0 Å². The van der Waals surface area contributed by atoms with Gasteiger partial charge in [0.25, 0.3) is 0 Å². The zero-order valence-electron chi connectivity index (χ0n) is 11.5. The quantitative estimate of drug-likeness (QED) is 0.514. The topological polar surface area (TPSA) is 0 Å². The summed E-state index contributed by atoms with van der Waals surface area (Å²) in [5.74, 6) is 0. The molecule has 0 amide bonds. The van der Waals surface area contributed by atoms with E-state index in [0.29, 0.717) is 0 Å². The first-order valence-corrected chi connectivity index (χ1v) is 7.00. The first-order valence-electron chi connectivity index (χ1n) is 7.00. The first kappa shape index (κ1) is 14.0. The molecule has 0 aliphatic heterocycles. The van der Waals surface area contributed by atoms with Crippen LogP contribution in [0.25, 0.3) is 6.08 Å². The van der Waals surface area contributed by atoms with Crippen molar-refractivity contribution >= 4 is 6.08 Å². The molecule has 0 saturated carbocycles. The van der Waals surface area contributed by atoms with Crippen LogP contribution in [-0.4, -0.2) is 0 Å². The average molecular weight is 230 g/mol. The molecule has 0 radical (unpaired) electrons. The number of benzene rings is 1. The van der Waals surface area contributed by atoms with Crippen LogP contribution in [0.5, 0.6) is 0 Å². The van der Waals surface area contributed by atoms with Crippen LogP contribution in [0.1, 0.15) is 62.1 Å². The Hall–Kier alpha value is -1.04. The molecule has 0 atom stereocenters. The smallest absolute Gasteiger partial charge is 0.0230 e. The molecule has 0 aliphatic rings. The van der Waals surface area contributed by atoms with Crippen LogP contribution < -0.4 is 0 Å². The van der Waals surface area contributed by atoms with Gasteiger partial charge in [0.15, 0.2) is 0 Å². The summed E-state index contributed by atoms with van der Waals surface area (Å²) in [6, 6.07) is 6.55. The van der Waals surface area contributed by atoms with E-state index in [1.54, 1.807) is 0 Å². The molecular weight excluding hydrogens is 204 g/mol. The molecule has 94 valence electrons. The second-order valence-corrected chi connectivity index (χ2v) is 4.85. The Kier molecular flexibility index (Phi) is 6.69. The molecule has 0 heteroatoms. The van der Waals surface area contributed by atoms with Crippen molar-refractivity contribution in [2.45, 2.75) is 58.8 Å². The third-order valence-electron chi connectivity index (χ3n) is 3.51. The lowest BCUT2D eigenvalue weighted by atomic mass is 9.97. The predicted molar refractivity (Wildman–Crippen MR) is 78.4 cm³/mol. The van der Waals surface area contributed by atoms with Gasteiger partial charge in [-0.1, -0.05) is 69.9 Å². The summed E-state index contributed by atoms with van der Waals surface area (Å²) in [7, 11) is 0. The number of rotatable bonds is 8. The molecule has 1 rings (SSSR count). The molecule has 1 aromatic rings. The number of unbranched alkanes of at least 4 members (excludes halogenated alkanes) is 5. The number of hydrogen-bond donors (Lipinski definition) is 0. The Bertz CT molecular complexity index is 336. The fourth-order valence-corrected chi connectivity index (χ4v) is 2.29. The van der Waals surface area contributed by atoms with Crippen molar-refractivity contribution < 1.29 is 0 Å². The van der Waals surface area contributed by atoms with Gasteiger partial charge in [-0.15, -0.1) is 0 Å². The van der Waals surface area contributed by atoms with Gasteiger partial charge in [-0.05, 0) is 36.5 Å². The van der Waals surface area contributed by atoms with E-state index in [0.717, 1.165) is 0 Å². The maximum atomic E-state index is 3.86. The molecule has 0 spiro atoms. The molecule has 0 unspecified atom stereocenters. The summed E-state index contributed by atoms with van der Waals surface area (Å²) in [6.45, 7) is 8.34. The van der Waals surface area contributed by atoms with E-state index in [1.165, 1.54) is 61.6 Å². The fourth-order valence-electron chi connectivity index (χ4n) is 2.29. The Morgan fingerprint density at radius 3 is 2.47 bits per heavy atom. The van der Waals surface area contributed by atoms with E-state index < -0.39 is 0 Å². The van der Waals surface area contributed by atoms with Crippen molar-refractivity contribution in [1.82, 2.24) is 0 Å². The van der Waals surface area contributed by atoms with Gasteiger partial charge < -0.3 is 0 Å². The van der Waals surface area contributed by atoms with E-state index in [2.05, 4.69) is 38.6 Å². The van der Waals surface area contributed by atoms with E-state index in [4.69, 9.17) is 0 Å². The normalized spacial score (nSPS) is 10.5. The van der Waals surface area contributed by atoms with Gasteiger partial charge >= 0.3 is 0 Å². The third kappa shape index (κ3) is 4.77. The minimum atomic E-state index is 1.22. The maximum absolute atomic E-state index is 3.86. The van der Waals surface area contributed by atoms with E-state index in [9.17, 15) is 0 Å². The summed E-state index contributed by atoms with van der Waals surface area (Å²) in [5, 5.41) is 0. The van der Waals surface area contributed by atoms with Crippen LogP contribution in [0.15, 0.2) is 24.8 Å². The highest BCUT2D eigenvalue weighted by Crippen LogP contribution is 2.17. The van der Waals surface area contributed by atoms with Crippen LogP contribution in [0, 0.1) is 6.92 Å². The lowest BCUT2D eigenvalue weighted by Crippen LogP contribution is -1.92. The van der Waals surface area contributed by atoms with Gasteiger partial charge in [-0.2, -0.15) is 0 Å². The molecule has 0 N–H and O–H groups in total. The van der Waals surface area contributed by atoms with Gasteiger partial charge in [0.2, 0.25) is 0 Å². The minimum Gasteiger partial charge on any atom is -0.0985 e. The van der Waals surface area contributed by atoms with Gasteiger partial charge in [0.1, 0.15) is 0 Å². The Labute approximate surface area is 107 Å². The molecule has 17 heavy (non-hydrogen) atoms. The fraction of sp³-hybridized carbons (Fsp3) is 0.529. The van der Waals surface area contributed by atoms with Crippen molar-refractivity contribution in [3.8, 4) is 0 Å². The second-order valence-electron chi connectivity index (χ2n) is 4.85. The lowest BCUT2D eigenvalue weighted by molar-refractivity contribution is 0.607. The zero-order valence-corrected chi connectivity index (χ0v) is 11.5.